The summed E-state index contributed by atoms with van der Waals surface area (Å²) >= 11 is 0. The van der Waals surface area contributed by atoms with Crippen molar-refractivity contribution in [3.05, 3.63) is 83.0 Å². The van der Waals surface area contributed by atoms with Gasteiger partial charge >= 0.3 is 0 Å². The monoisotopic (exact) mass is 488 g/mol. The van der Waals surface area contributed by atoms with Crippen LogP contribution in [0.4, 0.5) is 17.6 Å². The van der Waals surface area contributed by atoms with Crippen LogP contribution in [0.1, 0.15) is 74.0 Å². The second-order valence-electron chi connectivity index (χ2n) is 9.71. The molecule has 2 nitrogen and oxygen atoms in total. The summed E-state index contributed by atoms with van der Waals surface area (Å²) in [5, 5.41) is 0. The van der Waals surface area contributed by atoms with Gasteiger partial charge in [0.15, 0.2) is 23.2 Å². The van der Waals surface area contributed by atoms with Crippen molar-refractivity contribution in [2.75, 3.05) is 13.2 Å². The SMILES string of the molecule is C=CCOc1ccc(C2CCC(/C=C/c3ccc(C4CCC(C)CC4)c(F)c3F)OC2)c(F)c1F. The molecule has 0 spiro atoms. The van der Waals surface area contributed by atoms with Gasteiger partial charge in [0, 0.05) is 11.5 Å². The van der Waals surface area contributed by atoms with Crippen molar-refractivity contribution in [1.29, 1.82) is 0 Å². The third kappa shape index (κ3) is 5.80. The third-order valence-corrected chi connectivity index (χ3v) is 7.27. The number of rotatable bonds is 7. The van der Waals surface area contributed by atoms with Crippen LogP contribution in [-0.2, 0) is 4.74 Å². The molecule has 188 valence electrons. The van der Waals surface area contributed by atoms with E-state index in [2.05, 4.69) is 13.5 Å². The van der Waals surface area contributed by atoms with E-state index in [1.54, 1.807) is 24.3 Å². The molecule has 2 aliphatic rings. The Kier molecular flexibility index (Phi) is 8.32. The summed E-state index contributed by atoms with van der Waals surface area (Å²) in [5.74, 6) is -3.27. The molecule has 6 heteroatoms. The Bertz CT molecular complexity index is 1060. The first-order valence-electron chi connectivity index (χ1n) is 12.4. The molecule has 2 unspecified atom stereocenters. The molecular formula is C29H32F4O2. The Labute approximate surface area is 204 Å². The van der Waals surface area contributed by atoms with Crippen LogP contribution in [0.2, 0.25) is 0 Å². The molecule has 0 aromatic heterocycles. The summed E-state index contributed by atoms with van der Waals surface area (Å²) in [4.78, 5) is 0. The number of halogens is 4. The lowest BCUT2D eigenvalue weighted by atomic mass is 9.79. The Morgan fingerprint density at radius 1 is 0.857 bits per heavy atom. The molecule has 1 heterocycles. The van der Waals surface area contributed by atoms with Gasteiger partial charge in [-0.1, -0.05) is 62.8 Å². The highest BCUT2D eigenvalue weighted by molar-refractivity contribution is 5.52. The van der Waals surface area contributed by atoms with Gasteiger partial charge in [-0.3, -0.25) is 0 Å². The lowest BCUT2D eigenvalue weighted by Gasteiger charge is -2.28. The standard InChI is InChI=1S/C29H32F4O2/c1-3-16-34-25-15-14-24(28(32)29(25)33)21-9-12-22(35-17-21)11-8-20-10-13-23(27(31)26(20)30)19-6-4-18(2)5-7-19/h3,8,10-11,13-15,18-19,21-22H,1,4-7,9,12,16-17H2,2H3/b11-8+. The minimum Gasteiger partial charge on any atom is -0.486 e. The van der Waals surface area contributed by atoms with Gasteiger partial charge in [-0.2, -0.15) is 4.39 Å². The van der Waals surface area contributed by atoms with Gasteiger partial charge in [0.25, 0.3) is 0 Å². The van der Waals surface area contributed by atoms with Crippen molar-refractivity contribution in [3.8, 4) is 5.75 Å². The normalized spacial score (nSPS) is 25.1. The van der Waals surface area contributed by atoms with E-state index >= 15 is 0 Å². The number of hydrogen-bond donors (Lipinski definition) is 0. The molecule has 0 amide bonds. The van der Waals surface area contributed by atoms with E-state index < -0.39 is 23.3 Å². The molecule has 0 radical (unpaired) electrons. The Morgan fingerprint density at radius 3 is 2.20 bits per heavy atom. The maximum absolute atomic E-state index is 14.8. The van der Waals surface area contributed by atoms with E-state index in [0.717, 1.165) is 25.7 Å². The van der Waals surface area contributed by atoms with Crippen molar-refractivity contribution in [3.63, 3.8) is 0 Å². The predicted molar refractivity (Wildman–Crippen MR) is 130 cm³/mol. The van der Waals surface area contributed by atoms with Crippen LogP contribution in [0.5, 0.6) is 5.75 Å². The summed E-state index contributed by atoms with van der Waals surface area (Å²) in [6.07, 6.45) is 9.39. The fourth-order valence-electron chi connectivity index (χ4n) is 5.10. The van der Waals surface area contributed by atoms with Crippen LogP contribution < -0.4 is 4.74 Å². The molecule has 1 saturated carbocycles. The van der Waals surface area contributed by atoms with E-state index in [4.69, 9.17) is 9.47 Å². The second kappa shape index (κ2) is 11.4. The van der Waals surface area contributed by atoms with Gasteiger partial charge in [0.1, 0.15) is 6.61 Å². The van der Waals surface area contributed by atoms with Crippen LogP contribution in [-0.4, -0.2) is 19.3 Å². The van der Waals surface area contributed by atoms with Crippen molar-refractivity contribution >= 4 is 6.08 Å². The lowest BCUT2D eigenvalue weighted by molar-refractivity contribution is 0.0322. The highest BCUT2D eigenvalue weighted by atomic mass is 19.2. The van der Waals surface area contributed by atoms with Gasteiger partial charge in [0.2, 0.25) is 5.82 Å². The van der Waals surface area contributed by atoms with Gasteiger partial charge in [-0.25, -0.2) is 13.2 Å². The maximum atomic E-state index is 14.8. The Morgan fingerprint density at radius 2 is 1.51 bits per heavy atom. The summed E-state index contributed by atoms with van der Waals surface area (Å²) in [6, 6.07) is 6.27. The smallest absolute Gasteiger partial charge is 0.200 e. The summed E-state index contributed by atoms with van der Waals surface area (Å²) < 4.78 is 69.4. The zero-order chi connectivity index (χ0) is 24.9. The molecule has 2 aromatic rings. The summed E-state index contributed by atoms with van der Waals surface area (Å²) in [7, 11) is 0. The highest BCUT2D eigenvalue weighted by Gasteiger charge is 2.27. The first-order valence-corrected chi connectivity index (χ1v) is 12.4. The molecular weight excluding hydrogens is 456 g/mol. The van der Waals surface area contributed by atoms with Crippen LogP contribution in [0.25, 0.3) is 6.08 Å². The average Bonchev–Trinajstić information content (AvgIpc) is 2.87. The van der Waals surface area contributed by atoms with Crippen molar-refractivity contribution in [2.45, 2.75) is 63.4 Å². The Balaban J connectivity index is 1.37. The van der Waals surface area contributed by atoms with Gasteiger partial charge in [0.05, 0.1) is 12.7 Å². The van der Waals surface area contributed by atoms with Crippen LogP contribution in [0.15, 0.2) is 43.0 Å². The molecule has 2 fully saturated rings. The zero-order valence-corrected chi connectivity index (χ0v) is 20.0. The molecule has 4 rings (SSSR count). The molecule has 1 aliphatic heterocycles. The quantitative estimate of drug-likeness (QED) is 0.290. The summed E-state index contributed by atoms with van der Waals surface area (Å²) in [6.45, 7) is 5.98. The van der Waals surface area contributed by atoms with E-state index in [9.17, 15) is 17.6 Å². The van der Waals surface area contributed by atoms with Gasteiger partial charge in [-0.05, 0) is 54.7 Å². The maximum Gasteiger partial charge on any atom is 0.200 e. The molecule has 0 N–H and O–H groups in total. The van der Waals surface area contributed by atoms with Gasteiger partial charge in [-0.15, -0.1) is 0 Å². The van der Waals surface area contributed by atoms with Crippen LogP contribution in [0, 0.1) is 29.2 Å². The predicted octanol–water partition coefficient (Wildman–Crippen LogP) is 8.08. The third-order valence-electron chi connectivity index (χ3n) is 7.27. The minimum absolute atomic E-state index is 0.0742. The first-order chi connectivity index (χ1) is 16.9. The molecule has 1 saturated heterocycles. The minimum atomic E-state index is -1.02. The van der Waals surface area contributed by atoms with Crippen molar-refractivity contribution in [2.24, 2.45) is 5.92 Å². The average molecular weight is 489 g/mol. The topological polar surface area (TPSA) is 18.5 Å². The van der Waals surface area contributed by atoms with Gasteiger partial charge < -0.3 is 9.47 Å². The first kappa shape index (κ1) is 25.5. The zero-order valence-electron chi connectivity index (χ0n) is 20.0. The number of benzene rings is 2. The molecule has 0 bridgehead atoms. The van der Waals surface area contributed by atoms with Crippen molar-refractivity contribution < 1.29 is 27.0 Å². The van der Waals surface area contributed by atoms with E-state index in [1.165, 1.54) is 18.2 Å². The fraction of sp³-hybridized carbons (Fsp3) is 0.448. The van der Waals surface area contributed by atoms with E-state index in [1.807, 2.05) is 0 Å². The highest BCUT2D eigenvalue weighted by Crippen LogP contribution is 2.38. The molecule has 2 aromatic carbocycles. The van der Waals surface area contributed by atoms with Crippen LogP contribution in [0.3, 0.4) is 0 Å². The molecule has 35 heavy (non-hydrogen) atoms. The fourth-order valence-corrected chi connectivity index (χ4v) is 5.10. The van der Waals surface area contributed by atoms with E-state index in [0.29, 0.717) is 24.3 Å². The lowest BCUT2D eigenvalue weighted by Crippen LogP contribution is -2.24. The Hall–Kier alpha value is -2.60. The number of ether oxygens (including phenoxy) is 2. The van der Waals surface area contributed by atoms with Crippen LogP contribution >= 0.6 is 0 Å². The number of hydrogen-bond acceptors (Lipinski definition) is 2. The second-order valence-corrected chi connectivity index (χ2v) is 9.71. The van der Waals surface area contributed by atoms with Crippen molar-refractivity contribution in [1.82, 2.24) is 0 Å². The molecule has 1 aliphatic carbocycles. The van der Waals surface area contributed by atoms with E-state index in [-0.39, 0.29) is 48.0 Å². The summed E-state index contributed by atoms with van der Waals surface area (Å²) in [5.41, 5.74) is 0.902. The largest absolute Gasteiger partial charge is 0.486 e. The molecule has 2 atom stereocenters.